The van der Waals surface area contributed by atoms with E-state index in [1.165, 1.54) is 0 Å². The van der Waals surface area contributed by atoms with Crippen LogP contribution < -0.4 is 4.72 Å². The normalized spacial score (nSPS) is 17.8. The highest BCUT2D eigenvalue weighted by molar-refractivity contribution is 8.44. The van der Waals surface area contributed by atoms with Gasteiger partial charge in [-0.25, -0.2) is 4.72 Å². The fraction of sp³-hybridized carbons (Fsp3) is 0.667. The van der Waals surface area contributed by atoms with Gasteiger partial charge >= 0.3 is 10.4 Å². The molecule has 0 aromatic rings. The van der Waals surface area contributed by atoms with Gasteiger partial charge in [-0.3, -0.25) is 4.79 Å². The lowest BCUT2D eigenvalue weighted by molar-refractivity contribution is -0.119. The molecule has 0 radical (unpaired) electrons. The van der Waals surface area contributed by atoms with Crippen LogP contribution in [0.25, 0.3) is 0 Å². The zero-order valence-electron chi connectivity index (χ0n) is 5.50. The van der Waals surface area contributed by atoms with Crippen molar-refractivity contribution >= 4 is 27.9 Å². The predicted molar refractivity (Wildman–Crippen MR) is 36.6 cm³/mol. The Morgan fingerprint density at radius 2 is 1.67 bits per heavy atom. The quantitative estimate of drug-likeness (QED) is 0.589. The third kappa shape index (κ3) is 7.86. The summed E-state index contributed by atoms with van der Waals surface area (Å²) in [6, 6.07) is 0. The Morgan fingerprint density at radius 3 is 1.92 bits per heavy atom. The van der Waals surface area contributed by atoms with Gasteiger partial charge < -0.3 is 0 Å². The molecule has 0 fully saturated rings. The standard InChI is InChI=1S/C3H5ClF5NOS/c4-2-1-3(11)10-12(5,6,7,8)9/h1-2H2,(H,10,11). The molecule has 0 saturated heterocycles. The van der Waals surface area contributed by atoms with E-state index in [4.69, 9.17) is 11.6 Å². The largest absolute Gasteiger partial charge is 0.364 e. The Balaban J connectivity index is 4.38. The maximum atomic E-state index is 11.4. The number of nitrogens with one attached hydrogen (secondary N) is 1. The van der Waals surface area contributed by atoms with E-state index in [1.807, 2.05) is 0 Å². The summed E-state index contributed by atoms with van der Waals surface area (Å²) in [5, 5.41) is 0. The van der Waals surface area contributed by atoms with Gasteiger partial charge in [-0.05, 0) is 0 Å². The highest BCUT2D eigenvalue weighted by Gasteiger charge is 2.64. The van der Waals surface area contributed by atoms with Crippen LogP contribution in [0.4, 0.5) is 19.4 Å². The van der Waals surface area contributed by atoms with Crippen molar-refractivity contribution in [3.63, 3.8) is 0 Å². The number of carbonyl (C=O) groups is 1. The molecule has 0 rings (SSSR count). The fourth-order valence-electron chi connectivity index (χ4n) is 0.352. The van der Waals surface area contributed by atoms with Crippen LogP contribution in [0.2, 0.25) is 0 Å². The summed E-state index contributed by atoms with van der Waals surface area (Å²) in [5.74, 6) is -2.27. The summed E-state index contributed by atoms with van der Waals surface area (Å²) in [6.07, 6.45) is -0.798. The summed E-state index contributed by atoms with van der Waals surface area (Å²) >= 11 is 4.86. The first kappa shape index (κ1) is 11.8. The van der Waals surface area contributed by atoms with E-state index in [0.29, 0.717) is 0 Å². The zero-order chi connectivity index (χ0) is 10.1. The van der Waals surface area contributed by atoms with Gasteiger partial charge in [0.2, 0.25) is 5.91 Å². The molecule has 0 aliphatic heterocycles. The number of amides is 1. The van der Waals surface area contributed by atoms with E-state index in [1.54, 1.807) is 0 Å². The van der Waals surface area contributed by atoms with Crippen molar-refractivity contribution in [1.82, 2.24) is 4.72 Å². The summed E-state index contributed by atoms with van der Waals surface area (Å²) in [5.41, 5.74) is 0. The fourth-order valence-corrected chi connectivity index (χ4v) is 1.06. The average Bonchev–Trinajstić information content (AvgIpc) is 1.54. The minimum absolute atomic E-state index is 0.266. The Kier molecular flexibility index (Phi) is 2.33. The van der Waals surface area contributed by atoms with E-state index in [0.717, 1.165) is 0 Å². The van der Waals surface area contributed by atoms with Gasteiger partial charge in [-0.2, -0.15) is 0 Å². The lowest BCUT2D eigenvalue weighted by Gasteiger charge is -2.40. The van der Waals surface area contributed by atoms with E-state index in [-0.39, 0.29) is 4.72 Å². The molecule has 1 amide bonds. The first-order valence-electron chi connectivity index (χ1n) is 2.55. The van der Waals surface area contributed by atoms with Gasteiger partial charge in [-0.1, -0.05) is 19.4 Å². The molecule has 0 aliphatic carbocycles. The molecule has 1 N–H and O–H groups in total. The van der Waals surface area contributed by atoms with Crippen LogP contribution in [0.15, 0.2) is 0 Å². The van der Waals surface area contributed by atoms with Crippen LogP contribution in [0.1, 0.15) is 6.42 Å². The van der Waals surface area contributed by atoms with E-state index in [9.17, 15) is 24.2 Å². The first-order valence-corrected chi connectivity index (χ1v) is 5.04. The van der Waals surface area contributed by atoms with Gasteiger partial charge in [0.05, 0.1) is 0 Å². The van der Waals surface area contributed by atoms with Gasteiger partial charge in [0.1, 0.15) is 0 Å². The van der Waals surface area contributed by atoms with Crippen LogP contribution in [0.3, 0.4) is 0 Å². The molecule has 0 bridgehead atoms. The first-order chi connectivity index (χ1) is 4.93. The van der Waals surface area contributed by atoms with Gasteiger partial charge in [0, 0.05) is 12.3 Å². The zero-order valence-corrected chi connectivity index (χ0v) is 7.07. The Bertz CT molecular complexity index is 198. The lowest BCUT2D eigenvalue weighted by Crippen LogP contribution is -2.33. The lowest BCUT2D eigenvalue weighted by atomic mass is 10.5. The molecule has 0 atom stereocenters. The van der Waals surface area contributed by atoms with Crippen LogP contribution in [0.5, 0.6) is 0 Å². The monoisotopic (exact) mass is 233 g/mol. The Hall–Kier alpha value is -0.240. The summed E-state index contributed by atoms with van der Waals surface area (Å²) in [4.78, 5) is 10.1. The van der Waals surface area contributed by atoms with E-state index >= 15 is 0 Å². The molecule has 0 aromatic heterocycles. The third-order valence-electron chi connectivity index (χ3n) is 0.628. The van der Waals surface area contributed by atoms with Crippen molar-refractivity contribution in [3.8, 4) is 0 Å². The molecule has 0 heterocycles. The van der Waals surface area contributed by atoms with Gasteiger partial charge in [0.25, 0.3) is 0 Å². The SMILES string of the molecule is O=C(CCCl)NS(F)(F)(F)(F)F. The minimum atomic E-state index is -9.80. The number of rotatable bonds is 3. The molecule has 0 aliphatic rings. The Labute approximate surface area is 69.9 Å². The number of hydrogen-bond donors (Lipinski definition) is 1. The molecule has 76 valence electrons. The maximum absolute atomic E-state index is 11.4. The number of hydrogen-bond acceptors (Lipinski definition) is 1. The number of alkyl halides is 1. The van der Waals surface area contributed by atoms with Crippen molar-refractivity contribution in [2.45, 2.75) is 6.42 Å². The topological polar surface area (TPSA) is 29.1 Å². The summed E-state index contributed by atoms with van der Waals surface area (Å²) in [7, 11) is -9.80. The molecular weight excluding hydrogens is 229 g/mol. The minimum Gasteiger partial charge on any atom is -0.274 e. The maximum Gasteiger partial charge on any atom is 0.364 e. The van der Waals surface area contributed by atoms with Gasteiger partial charge in [-0.15, -0.1) is 11.6 Å². The van der Waals surface area contributed by atoms with Crippen molar-refractivity contribution in [2.75, 3.05) is 5.88 Å². The van der Waals surface area contributed by atoms with Crippen LogP contribution in [-0.2, 0) is 4.79 Å². The van der Waals surface area contributed by atoms with Crippen LogP contribution >= 0.6 is 22.0 Å². The van der Waals surface area contributed by atoms with Gasteiger partial charge in [0.15, 0.2) is 0 Å². The Morgan fingerprint density at radius 1 is 1.25 bits per heavy atom. The summed E-state index contributed by atoms with van der Waals surface area (Å²) in [6.45, 7) is 0. The van der Waals surface area contributed by atoms with Crippen molar-refractivity contribution in [1.29, 1.82) is 0 Å². The molecule has 2 nitrogen and oxygen atoms in total. The second-order valence-corrected chi connectivity index (χ2v) is 4.45. The molecule has 9 heteroatoms. The molecule has 0 unspecified atom stereocenters. The number of halogens is 6. The average molecular weight is 234 g/mol. The molecular formula is C3H5ClF5NOS. The highest BCUT2D eigenvalue weighted by Crippen LogP contribution is 2.94. The smallest absolute Gasteiger partial charge is 0.274 e. The van der Waals surface area contributed by atoms with Crippen molar-refractivity contribution in [3.05, 3.63) is 0 Å². The van der Waals surface area contributed by atoms with Crippen LogP contribution in [-0.4, -0.2) is 11.8 Å². The second-order valence-electron chi connectivity index (χ2n) is 1.93. The second kappa shape index (κ2) is 2.38. The third-order valence-corrected chi connectivity index (χ3v) is 1.43. The molecule has 0 saturated carbocycles. The molecule has 0 aromatic carbocycles. The number of carbonyl (C=O) groups excluding carboxylic acids is 1. The predicted octanol–water partition coefficient (Wildman–Crippen LogP) is 2.95. The van der Waals surface area contributed by atoms with Crippen molar-refractivity contribution in [2.24, 2.45) is 0 Å². The van der Waals surface area contributed by atoms with Crippen molar-refractivity contribution < 1.29 is 24.2 Å². The van der Waals surface area contributed by atoms with E-state index < -0.39 is 28.6 Å². The molecule has 12 heavy (non-hydrogen) atoms. The summed E-state index contributed by atoms with van der Waals surface area (Å²) < 4.78 is 56.8. The molecule has 0 spiro atoms. The highest BCUT2D eigenvalue weighted by atomic mass is 35.5. The van der Waals surface area contributed by atoms with E-state index in [2.05, 4.69) is 0 Å². The van der Waals surface area contributed by atoms with Crippen LogP contribution in [0, 0.1) is 0 Å².